The van der Waals surface area contributed by atoms with Gasteiger partial charge >= 0.3 is 0 Å². The van der Waals surface area contributed by atoms with Crippen LogP contribution in [0.2, 0.25) is 0 Å². The number of rotatable bonds is 9. The number of aryl methyl sites for hydroxylation is 1. The van der Waals surface area contributed by atoms with Crippen LogP contribution in [-0.4, -0.2) is 11.3 Å². The van der Waals surface area contributed by atoms with Gasteiger partial charge in [0.25, 0.3) is 0 Å². The lowest BCUT2D eigenvalue weighted by molar-refractivity contribution is -0.110. The highest BCUT2D eigenvalue weighted by atomic mass is 32.1. The number of nitrogens with zero attached hydrogens (tertiary/aromatic N) is 1. The van der Waals surface area contributed by atoms with Gasteiger partial charge in [0.1, 0.15) is 6.29 Å². The predicted octanol–water partition coefficient (Wildman–Crippen LogP) is 5.20. The van der Waals surface area contributed by atoms with Crippen LogP contribution >= 0.6 is 11.3 Å². The first kappa shape index (κ1) is 16.8. The third-order valence-electron chi connectivity index (χ3n) is 3.17. The molecule has 1 aromatic heterocycles. The fourth-order valence-electron chi connectivity index (χ4n) is 1.94. The minimum Gasteiger partial charge on any atom is -0.303 e. The van der Waals surface area contributed by atoms with Gasteiger partial charge in [-0.15, -0.1) is 11.3 Å². The molecular formula is C17H25NOS. The number of carbonyl (C=O) groups is 1. The topological polar surface area (TPSA) is 30.0 Å². The molecule has 0 spiro atoms. The molecule has 0 aromatic carbocycles. The Morgan fingerprint density at radius 3 is 2.80 bits per heavy atom. The third-order valence-corrected chi connectivity index (χ3v) is 3.96. The summed E-state index contributed by atoms with van der Waals surface area (Å²) in [5.74, 6) is 0.204. The summed E-state index contributed by atoms with van der Waals surface area (Å²) in [5, 5.41) is 3.22. The van der Waals surface area contributed by atoms with Gasteiger partial charge in [-0.1, -0.05) is 24.6 Å². The molecule has 0 radical (unpaired) electrons. The van der Waals surface area contributed by atoms with E-state index in [1.165, 1.54) is 5.57 Å². The zero-order valence-corrected chi connectivity index (χ0v) is 13.6. The lowest BCUT2D eigenvalue weighted by Gasteiger charge is -2.00. The molecule has 0 saturated carbocycles. The molecule has 0 aliphatic carbocycles. The van der Waals surface area contributed by atoms with Crippen LogP contribution in [0.4, 0.5) is 0 Å². The van der Waals surface area contributed by atoms with Crippen LogP contribution in [0.15, 0.2) is 23.1 Å². The molecule has 0 N–H and O–H groups in total. The number of thiazole rings is 1. The number of allylic oxidation sites excluding steroid dienone is 3. The molecule has 3 heteroatoms. The second-order valence-corrected chi connectivity index (χ2v) is 6.40. The smallest absolute Gasteiger partial charge is 0.122 e. The molecule has 1 unspecified atom stereocenters. The Hall–Kier alpha value is -1.22. The summed E-state index contributed by atoms with van der Waals surface area (Å²) in [6, 6.07) is 0. The van der Waals surface area contributed by atoms with Crippen molar-refractivity contribution in [1.29, 1.82) is 0 Å². The molecule has 0 amide bonds. The van der Waals surface area contributed by atoms with Gasteiger partial charge < -0.3 is 4.79 Å². The zero-order valence-electron chi connectivity index (χ0n) is 12.8. The fourth-order valence-corrected chi connectivity index (χ4v) is 2.51. The van der Waals surface area contributed by atoms with Crippen LogP contribution in [0.1, 0.15) is 56.7 Å². The van der Waals surface area contributed by atoms with Crippen LogP contribution in [0, 0.1) is 12.8 Å². The SMILES string of the molecule is C/C(=C\c1csc(C)n1)CC/C=C\CCCC(C)C=O. The lowest BCUT2D eigenvalue weighted by atomic mass is 10.1. The maximum absolute atomic E-state index is 10.5. The van der Waals surface area contributed by atoms with Crippen molar-refractivity contribution >= 4 is 23.7 Å². The Bertz CT molecular complexity index is 459. The highest BCUT2D eigenvalue weighted by Crippen LogP contribution is 2.14. The highest BCUT2D eigenvalue weighted by Gasteiger charge is 1.97. The van der Waals surface area contributed by atoms with Crippen LogP contribution in [0.25, 0.3) is 6.08 Å². The van der Waals surface area contributed by atoms with E-state index in [1.54, 1.807) is 11.3 Å². The summed E-state index contributed by atoms with van der Waals surface area (Å²) in [5.41, 5.74) is 2.45. The lowest BCUT2D eigenvalue weighted by Crippen LogP contribution is -1.93. The molecule has 1 atom stereocenters. The maximum atomic E-state index is 10.5. The molecule has 0 fully saturated rings. The molecule has 0 aliphatic rings. The van der Waals surface area contributed by atoms with Crippen molar-refractivity contribution in [2.24, 2.45) is 5.92 Å². The van der Waals surface area contributed by atoms with Crippen molar-refractivity contribution < 1.29 is 4.79 Å². The molecule has 2 nitrogen and oxygen atoms in total. The number of aromatic nitrogens is 1. The van der Waals surface area contributed by atoms with Gasteiger partial charge in [-0.3, -0.25) is 0 Å². The number of carbonyl (C=O) groups excluding carboxylic acids is 1. The quantitative estimate of drug-likeness (QED) is 0.356. The first-order chi connectivity index (χ1) is 9.61. The van der Waals surface area contributed by atoms with Crippen LogP contribution in [-0.2, 0) is 4.79 Å². The maximum Gasteiger partial charge on any atom is 0.122 e. The number of hydrogen-bond acceptors (Lipinski definition) is 3. The predicted molar refractivity (Wildman–Crippen MR) is 88.0 cm³/mol. The van der Waals surface area contributed by atoms with E-state index in [1.807, 2.05) is 13.8 Å². The number of unbranched alkanes of at least 4 members (excludes halogenated alkanes) is 1. The Morgan fingerprint density at radius 1 is 1.40 bits per heavy atom. The van der Waals surface area contributed by atoms with E-state index in [2.05, 4.69) is 35.5 Å². The highest BCUT2D eigenvalue weighted by molar-refractivity contribution is 7.09. The molecule has 1 aromatic rings. The third kappa shape index (κ3) is 7.39. The summed E-state index contributed by atoms with van der Waals surface area (Å²) in [6.07, 6.45) is 13.0. The molecule has 0 saturated heterocycles. The van der Waals surface area contributed by atoms with Gasteiger partial charge in [0.2, 0.25) is 0 Å². The van der Waals surface area contributed by atoms with Crippen molar-refractivity contribution in [3.8, 4) is 0 Å². The molecule has 0 aliphatic heterocycles. The summed E-state index contributed by atoms with van der Waals surface area (Å²) in [6.45, 7) is 6.17. The first-order valence-electron chi connectivity index (χ1n) is 7.31. The number of aldehydes is 1. The molecule has 1 heterocycles. The first-order valence-corrected chi connectivity index (χ1v) is 8.19. The van der Waals surface area contributed by atoms with Crippen LogP contribution < -0.4 is 0 Å². The average Bonchev–Trinajstić information content (AvgIpc) is 2.82. The number of hydrogen-bond donors (Lipinski definition) is 0. The van der Waals surface area contributed by atoms with E-state index < -0.39 is 0 Å². The van der Waals surface area contributed by atoms with Gasteiger partial charge in [-0.05, 0) is 52.0 Å². The minimum atomic E-state index is 0.204. The molecular weight excluding hydrogens is 266 g/mol. The van der Waals surface area contributed by atoms with Crippen molar-refractivity contribution in [1.82, 2.24) is 4.98 Å². The minimum absolute atomic E-state index is 0.204. The van der Waals surface area contributed by atoms with Gasteiger partial charge in [0, 0.05) is 11.3 Å². The largest absolute Gasteiger partial charge is 0.303 e. The molecule has 110 valence electrons. The Morgan fingerprint density at radius 2 is 2.15 bits per heavy atom. The van der Waals surface area contributed by atoms with Gasteiger partial charge in [0.05, 0.1) is 10.7 Å². The van der Waals surface area contributed by atoms with E-state index in [9.17, 15) is 4.79 Å². The monoisotopic (exact) mass is 291 g/mol. The Balaban J connectivity index is 2.17. The summed E-state index contributed by atoms with van der Waals surface area (Å²) in [7, 11) is 0. The second-order valence-electron chi connectivity index (χ2n) is 5.34. The molecule has 0 bridgehead atoms. The van der Waals surface area contributed by atoms with Gasteiger partial charge in [-0.25, -0.2) is 4.98 Å². The van der Waals surface area contributed by atoms with Crippen LogP contribution in [0.5, 0.6) is 0 Å². The van der Waals surface area contributed by atoms with Crippen molar-refractivity contribution in [2.75, 3.05) is 0 Å². The van der Waals surface area contributed by atoms with E-state index in [-0.39, 0.29) is 5.92 Å². The normalized spacial score (nSPS) is 13.8. The van der Waals surface area contributed by atoms with E-state index in [4.69, 9.17) is 0 Å². The van der Waals surface area contributed by atoms with E-state index >= 15 is 0 Å². The van der Waals surface area contributed by atoms with E-state index in [0.29, 0.717) is 0 Å². The Kier molecular flexibility index (Phi) is 8.12. The molecule has 1 rings (SSSR count). The zero-order chi connectivity index (χ0) is 14.8. The van der Waals surface area contributed by atoms with Gasteiger partial charge in [0.15, 0.2) is 0 Å². The second kappa shape index (κ2) is 9.65. The summed E-state index contributed by atoms with van der Waals surface area (Å²) in [4.78, 5) is 14.9. The Labute approximate surface area is 126 Å². The van der Waals surface area contributed by atoms with Gasteiger partial charge in [-0.2, -0.15) is 0 Å². The molecule has 20 heavy (non-hydrogen) atoms. The standard InChI is InChI=1S/C17H25NOS/c1-14(11-17-13-20-16(3)18-17)9-7-5-4-6-8-10-15(2)12-19/h4-5,11-13,15H,6-10H2,1-3H3/b5-4-,14-11+. The van der Waals surface area contributed by atoms with Crippen molar-refractivity contribution in [3.05, 3.63) is 33.8 Å². The summed E-state index contributed by atoms with van der Waals surface area (Å²) < 4.78 is 0. The average molecular weight is 291 g/mol. The van der Waals surface area contributed by atoms with Crippen molar-refractivity contribution in [3.63, 3.8) is 0 Å². The summed E-state index contributed by atoms with van der Waals surface area (Å²) >= 11 is 1.69. The van der Waals surface area contributed by atoms with Crippen LogP contribution in [0.3, 0.4) is 0 Å². The van der Waals surface area contributed by atoms with Crippen molar-refractivity contribution in [2.45, 2.75) is 52.9 Å². The fraction of sp³-hybridized carbons (Fsp3) is 0.529. The van der Waals surface area contributed by atoms with E-state index in [0.717, 1.165) is 49.1 Å².